The summed E-state index contributed by atoms with van der Waals surface area (Å²) in [6, 6.07) is 7.56. The van der Waals surface area contributed by atoms with Gasteiger partial charge in [-0.25, -0.2) is 4.98 Å². The first-order valence-electron chi connectivity index (χ1n) is 5.74. The summed E-state index contributed by atoms with van der Waals surface area (Å²) in [4.78, 5) is 3.99. The Bertz CT molecular complexity index is 453. The molecule has 0 radical (unpaired) electrons. The van der Waals surface area contributed by atoms with Gasteiger partial charge in [0.1, 0.15) is 5.75 Å². The lowest BCUT2D eigenvalue weighted by molar-refractivity contribution is 0.471. The third-order valence-corrected chi connectivity index (χ3v) is 2.75. The molecule has 0 aliphatic rings. The van der Waals surface area contributed by atoms with Crippen molar-refractivity contribution in [1.82, 2.24) is 14.9 Å². The van der Waals surface area contributed by atoms with Crippen molar-refractivity contribution in [3.8, 4) is 5.75 Å². The SMILES string of the molecule is CC(NCCn1ccnc1)c1cccc(O)c1. The summed E-state index contributed by atoms with van der Waals surface area (Å²) in [7, 11) is 0. The van der Waals surface area contributed by atoms with Crippen molar-refractivity contribution >= 4 is 0 Å². The topological polar surface area (TPSA) is 50.1 Å². The Morgan fingerprint density at radius 3 is 3.06 bits per heavy atom. The van der Waals surface area contributed by atoms with Gasteiger partial charge in [0, 0.05) is 31.5 Å². The Labute approximate surface area is 101 Å². The number of benzene rings is 1. The van der Waals surface area contributed by atoms with Crippen LogP contribution in [0, 0.1) is 0 Å². The van der Waals surface area contributed by atoms with E-state index in [1.165, 1.54) is 0 Å². The number of phenolic OH excluding ortho intramolecular Hbond substituents is 1. The van der Waals surface area contributed by atoms with Gasteiger partial charge in [-0.15, -0.1) is 0 Å². The van der Waals surface area contributed by atoms with Crippen LogP contribution in [-0.4, -0.2) is 21.2 Å². The van der Waals surface area contributed by atoms with Crippen molar-refractivity contribution in [2.45, 2.75) is 19.5 Å². The summed E-state index contributed by atoms with van der Waals surface area (Å²) in [6.45, 7) is 3.85. The number of rotatable bonds is 5. The minimum absolute atomic E-state index is 0.227. The molecule has 0 saturated carbocycles. The van der Waals surface area contributed by atoms with Crippen molar-refractivity contribution < 1.29 is 5.11 Å². The normalized spacial score (nSPS) is 12.5. The second-order valence-corrected chi connectivity index (χ2v) is 4.07. The number of hydrogen-bond donors (Lipinski definition) is 2. The Kier molecular flexibility index (Phi) is 3.77. The number of aromatic hydroxyl groups is 1. The molecule has 4 heteroatoms. The monoisotopic (exact) mass is 231 g/mol. The lowest BCUT2D eigenvalue weighted by Crippen LogP contribution is -2.22. The highest BCUT2D eigenvalue weighted by Gasteiger charge is 2.04. The van der Waals surface area contributed by atoms with Crippen LogP contribution in [-0.2, 0) is 6.54 Å². The first-order valence-corrected chi connectivity index (χ1v) is 5.74. The van der Waals surface area contributed by atoms with Gasteiger partial charge in [0.15, 0.2) is 0 Å². The van der Waals surface area contributed by atoms with Crippen LogP contribution in [0.25, 0.3) is 0 Å². The van der Waals surface area contributed by atoms with E-state index in [4.69, 9.17) is 0 Å². The summed E-state index contributed by atoms with van der Waals surface area (Å²) in [5, 5.41) is 12.8. The number of aromatic nitrogens is 2. The second kappa shape index (κ2) is 5.50. The summed E-state index contributed by atoms with van der Waals surface area (Å²) < 4.78 is 2.03. The van der Waals surface area contributed by atoms with E-state index >= 15 is 0 Å². The molecule has 1 unspecified atom stereocenters. The van der Waals surface area contributed by atoms with Crippen LogP contribution in [0.3, 0.4) is 0 Å². The van der Waals surface area contributed by atoms with Crippen molar-refractivity contribution in [3.05, 3.63) is 48.5 Å². The molecule has 0 aliphatic carbocycles. The summed E-state index contributed by atoms with van der Waals surface area (Å²) >= 11 is 0. The van der Waals surface area contributed by atoms with Crippen LogP contribution in [0.5, 0.6) is 5.75 Å². The molecule has 4 nitrogen and oxygen atoms in total. The quantitative estimate of drug-likeness (QED) is 0.826. The number of imidazole rings is 1. The van der Waals surface area contributed by atoms with Gasteiger partial charge in [-0.1, -0.05) is 12.1 Å². The van der Waals surface area contributed by atoms with Crippen molar-refractivity contribution in [2.24, 2.45) is 0 Å². The summed E-state index contributed by atoms with van der Waals surface area (Å²) in [5.41, 5.74) is 1.09. The van der Waals surface area contributed by atoms with Crippen LogP contribution < -0.4 is 5.32 Å². The highest BCUT2D eigenvalue weighted by molar-refractivity contribution is 5.28. The van der Waals surface area contributed by atoms with E-state index in [9.17, 15) is 5.11 Å². The maximum atomic E-state index is 9.40. The average molecular weight is 231 g/mol. The largest absolute Gasteiger partial charge is 0.508 e. The molecule has 17 heavy (non-hydrogen) atoms. The van der Waals surface area contributed by atoms with Crippen LogP contribution >= 0.6 is 0 Å². The van der Waals surface area contributed by atoms with Crippen LogP contribution in [0.1, 0.15) is 18.5 Å². The number of nitrogens with zero attached hydrogens (tertiary/aromatic N) is 2. The maximum absolute atomic E-state index is 9.40. The van der Waals surface area contributed by atoms with Gasteiger partial charge < -0.3 is 15.0 Å². The predicted molar refractivity (Wildman–Crippen MR) is 66.8 cm³/mol. The van der Waals surface area contributed by atoms with Gasteiger partial charge in [0.25, 0.3) is 0 Å². The molecule has 2 N–H and O–H groups in total. The van der Waals surface area contributed by atoms with Crippen LogP contribution in [0.4, 0.5) is 0 Å². The van der Waals surface area contributed by atoms with Gasteiger partial charge in [-0.3, -0.25) is 0 Å². The van der Waals surface area contributed by atoms with Crippen molar-refractivity contribution in [2.75, 3.05) is 6.54 Å². The Morgan fingerprint density at radius 2 is 2.35 bits per heavy atom. The molecule has 0 bridgehead atoms. The molecular formula is C13H17N3O. The van der Waals surface area contributed by atoms with E-state index in [1.54, 1.807) is 24.7 Å². The van der Waals surface area contributed by atoms with Gasteiger partial charge in [-0.05, 0) is 24.6 Å². The third-order valence-electron chi connectivity index (χ3n) is 2.75. The van der Waals surface area contributed by atoms with Gasteiger partial charge in [0.05, 0.1) is 6.33 Å². The summed E-state index contributed by atoms with van der Waals surface area (Å²) in [6.07, 6.45) is 5.53. The van der Waals surface area contributed by atoms with Crippen LogP contribution in [0.2, 0.25) is 0 Å². The van der Waals surface area contributed by atoms with Gasteiger partial charge in [-0.2, -0.15) is 0 Å². The molecular weight excluding hydrogens is 214 g/mol. The van der Waals surface area contributed by atoms with Crippen molar-refractivity contribution in [3.63, 3.8) is 0 Å². The molecule has 0 amide bonds. The lowest BCUT2D eigenvalue weighted by Gasteiger charge is -2.14. The van der Waals surface area contributed by atoms with E-state index in [0.29, 0.717) is 5.75 Å². The van der Waals surface area contributed by atoms with E-state index in [0.717, 1.165) is 18.7 Å². The molecule has 0 fully saturated rings. The minimum atomic E-state index is 0.227. The van der Waals surface area contributed by atoms with Crippen LogP contribution in [0.15, 0.2) is 43.0 Å². The number of hydrogen-bond acceptors (Lipinski definition) is 3. The average Bonchev–Trinajstić information content (AvgIpc) is 2.82. The molecule has 1 aromatic carbocycles. The minimum Gasteiger partial charge on any atom is -0.508 e. The first-order chi connectivity index (χ1) is 8.25. The molecule has 1 heterocycles. The fourth-order valence-electron chi connectivity index (χ4n) is 1.74. The molecule has 1 aromatic heterocycles. The highest BCUT2D eigenvalue weighted by atomic mass is 16.3. The molecule has 0 saturated heterocycles. The zero-order valence-corrected chi connectivity index (χ0v) is 9.87. The fraction of sp³-hybridized carbons (Fsp3) is 0.308. The van der Waals surface area contributed by atoms with Crippen molar-refractivity contribution in [1.29, 1.82) is 0 Å². The van der Waals surface area contributed by atoms with E-state index in [-0.39, 0.29) is 6.04 Å². The lowest BCUT2D eigenvalue weighted by atomic mass is 10.1. The smallest absolute Gasteiger partial charge is 0.115 e. The van der Waals surface area contributed by atoms with E-state index in [2.05, 4.69) is 17.2 Å². The Balaban J connectivity index is 1.83. The Hall–Kier alpha value is -1.81. The zero-order chi connectivity index (χ0) is 12.1. The van der Waals surface area contributed by atoms with Gasteiger partial charge >= 0.3 is 0 Å². The number of phenols is 1. The van der Waals surface area contributed by atoms with E-state index < -0.39 is 0 Å². The molecule has 0 aliphatic heterocycles. The predicted octanol–water partition coefficient (Wildman–Crippen LogP) is 1.94. The molecule has 1 atom stereocenters. The number of nitrogens with one attached hydrogen (secondary N) is 1. The maximum Gasteiger partial charge on any atom is 0.115 e. The highest BCUT2D eigenvalue weighted by Crippen LogP contribution is 2.17. The second-order valence-electron chi connectivity index (χ2n) is 4.07. The summed E-state index contributed by atoms with van der Waals surface area (Å²) in [5.74, 6) is 0.311. The molecule has 0 spiro atoms. The Morgan fingerprint density at radius 1 is 1.47 bits per heavy atom. The third kappa shape index (κ3) is 3.32. The fourth-order valence-corrected chi connectivity index (χ4v) is 1.74. The van der Waals surface area contributed by atoms with E-state index in [1.807, 2.05) is 22.9 Å². The molecule has 90 valence electrons. The molecule has 2 rings (SSSR count). The zero-order valence-electron chi connectivity index (χ0n) is 9.87. The molecule has 2 aromatic rings. The van der Waals surface area contributed by atoms with Gasteiger partial charge in [0.2, 0.25) is 0 Å². The standard InChI is InChI=1S/C13H17N3O/c1-11(12-3-2-4-13(17)9-12)15-6-8-16-7-5-14-10-16/h2-5,7,9-11,15,17H,6,8H2,1H3. The first kappa shape index (κ1) is 11.7.